The van der Waals surface area contributed by atoms with Crippen molar-refractivity contribution in [1.29, 1.82) is 0 Å². The summed E-state index contributed by atoms with van der Waals surface area (Å²) in [5.41, 5.74) is 3.63. The van der Waals surface area contributed by atoms with Gasteiger partial charge in [-0.1, -0.05) is 0 Å². The van der Waals surface area contributed by atoms with Crippen molar-refractivity contribution in [2.45, 2.75) is 6.92 Å². The van der Waals surface area contributed by atoms with Crippen LogP contribution in [0.4, 0.5) is 10.1 Å². The number of amides is 1. The molecule has 0 N–H and O–H groups in total. The predicted molar refractivity (Wildman–Crippen MR) is 110 cm³/mol. The summed E-state index contributed by atoms with van der Waals surface area (Å²) >= 11 is 0. The Labute approximate surface area is 171 Å². The molecule has 5 rings (SSSR count). The van der Waals surface area contributed by atoms with E-state index in [4.69, 9.17) is 4.74 Å². The number of hydrogen-bond acceptors (Lipinski definition) is 5. The first kappa shape index (κ1) is 18.2. The third-order valence-corrected chi connectivity index (χ3v) is 5.21. The van der Waals surface area contributed by atoms with Gasteiger partial charge in [-0.3, -0.25) is 9.48 Å². The Kier molecular flexibility index (Phi) is 4.20. The lowest BCUT2D eigenvalue weighted by Crippen LogP contribution is -2.34. The van der Waals surface area contributed by atoms with Crippen LogP contribution in [0.5, 0.6) is 5.75 Å². The number of halogens is 1. The molecule has 0 saturated carbocycles. The molecule has 0 unspecified atom stereocenters. The maximum absolute atomic E-state index is 13.4. The molecule has 30 heavy (non-hydrogen) atoms. The second-order valence-electron chi connectivity index (χ2n) is 7.18. The fraction of sp³-hybridized carbons (Fsp3) is 0.182. The summed E-state index contributed by atoms with van der Waals surface area (Å²) in [5, 5.41) is 4.78. The van der Waals surface area contributed by atoms with E-state index in [2.05, 4.69) is 15.1 Å². The van der Waals surface area contributed by atoms with Gasteiger partial charge in [0.2, 0.25) is 0 Å². The molecule has 2 aromatic heterocycles. The minimum atomic E-state index is -0.318. The SMILES string of the molecule is Cc1cc(-c2ncc3cc(F)ccc3n2)ccc1N1CCOc2cnn(C)c2C1=O. The lowest BCUT2D eigenvalue weighted by Gasteiger charge is -2.22. The number of aromatic nitrogens is 4. The monoisotopic (exact) mass is 403 g/mol. The molecule has 8 heteroatoms. The third kappa shape index (κ3) is 2.97. The van der Waals surface area contributed by atoms with Gasteiger partial charge in [0.15, 0.2) is 17.3 Å². The molecule has 150 valence electrons. The van der Waals surface area contributed by atoms with Gasteiger partial charge in [-0.25, -0.2) is 14.4 Å². The maximum atomic E-state index is 13.4. The smallest absolute Gasteiger partial charge is 0.280 e. The number of carbonyl (C=O) groups excluding carboxylic acids is 1. The Morgan fingerprint density at radius 2 is 2.00 bits per heavy atom. The largest absolute Gasteiger partial charge is 0.488 e. The highest BCUT2D eigenvalue weighted by molar-refractivity contribution is 6.07. The van der Waals surface area contributed by atoms with Crippen LogP contribution in [0.3, 0.4) is 0 Å². The number of hydrogen-bond donors (Lipinski definition) is 0. The summed E-state index contributed by atoms with van der Waals surface area (Å²) < 4.78 is 20.6. The molecule has 0 atom stereocenters. The van der Waals surface area contributed by atoms with E-state index in [1.54, 1.807) is 30.4 Å². The van der Waals surface area contributed by atoms with Crippen LogP contribution < -0.4 is 9.64 Å². The minimum absolute atomic E-state index is 0.151. The number of benzene rings is 2. The molecule has 0 saturated heterocycles. The quantitative estimate of drug-likeness (QED) is 0.512. The van der Waals surface area contributed by atoms with E-state index >= 15 is 0 Å². The van der Waals surface area contributed by atoms with Crippen LogP contribution in [0.2, 0.25) is 0 Å². The molecular formula is C22H18FN5O2. The molecule has 0 radical (unpaired) electrons. The van der Waals surface area contributed by atoms with Crippen LogP contribution >= 0.6 is 0 Å². The molecule has 1 aliphatic rings. The van der Waals surface area contributed by atoms with Crippen molar-refractivity contribution in [1.82, 2.24) is 19.7 Å². The highest BCUT2D eigenvalue weighted by Gasteiger charge is 2.29. The summed E-state index contributed by atoms with van der Waals surface area (Å²) in [5.74, 6) is 0.576. The van der Waals surface area contributed by atoms with E-state index < -0.39 is 0 Å². The van der Waals surface area contributed by atoms with Gasteiger partial charge < -0.3 is 9.64 Å². The van der Waals surface area contributed by atoms with Gasteiger partial charge in [-0.15, -0.1) is 0 Å². The van der Waals surface area contributed by atoms with Crippen molar-refractivity contribution < 1.29 is 13.9 Å². The molecule has 0 spiro atoms. The Bertz CT molecular complexity index is 1300. The number of ether oxygens (including phenoxy) is 1. The number of nitrogens with zero attached hydrogens (tertiary/aromatic N) is 5. The molecular weight excluding hydrogens is 385 g/mol. The average molecular weight is 403 g/mol. The molecule has 1 aliphatic heterocycles. The van der Waals surface area contributed by atoms with Crippen LogP contribution in [0, 0.1) is 12.7 Å². The first-order valence-corrected chi connectivity index (χ1v) is 9.51. The maximum Gasteiger partial charge on any atom is 0.280 e. The van der Waals surface area contributed by atoms with Gasteiger partial charge in [0.05, 0.1) is 18.3 Å². The summed E-state index contributed by atoms with van der Waals surface area (Å²) in [7, 11) is 1.72. The third-order valence-electron chi connectivity index (χ3n) is 5.21. The molecule has 0 aliphatic carbocycles. The van der Waals surface area contributed by atoms with E-state index in [-0.39, 0.29) is 11.7 Å². The van der Waals surface area contributed by atoms with Gasteiger partial charge in [0.1, 0.15) is 12.4 Å². The Hall–Kier alpha value is -3.81. The van der Waals surface area contributed by atoms with Crippen molar-refractivity contribution in [3.63, 3.8) is 0 Å². The summed E-state index contributed by atoms with van der Waals surface area (Å²) in [4.78, 5) is 23.8. The number of aryl methyl sites for hydroxylation is 2. The zero-order chi connectivity index (χ0) is 20.8. The zero-order valence-corrected chi connectivity index (χ0v) is 16.5. The lowest BCUT2D eigenvalue weighted by molar-refractivity contribution is 0.0980. The van der Waals surface area contributed by atoms with Crippen molar-refractivity contribution in [2.75, 3.05) is 18.1 Å². The number of fused-ring (bicyclic) bond motifs is 2. The number of anilines is 1. The molecule has 4 aromatic rings. The highest BCUT2D eigenvalue weighted by Crippen LogP contribution is 2.30. The lowest BCUT2D eigenvalue weighted by atomic mass is 10.1. The fourth-order valence-corrected chi connectivity index (χ4v) is 3.71. The summed E-state index contributed by atoms with van der Waals surface area (Å²) in [6, 6.07) is 10.2. The molecule has 0 fully saturated rings. The first-order chi connectivity index (χ1) is 14.5. The Balaban J connectivity index is 1.51. The summed E-state index contributed by atoms with van der Waals surface area (Å²) in [6.07, 6.45) is 3.18. The number of rotatable bonds is 2. The standard InChI is InChI=1S/C22H18FN5O2/c1-13-9-14(21-24-11-15-10-16(23)4-5-17(15)26-21)3-6-18(13)28-7-8-30-19-12-25-27(2)20(19)22(28)29/h3-6,9-12H,7-8H2,1-2H3. The fourth-order valence-electron chi connectivity index (χ4n) is 3.71. The van der Waals surface area contributed by atoms with Crippen molar-refractivity contribution in [3.05, 3.63) is 65.9 Å². The van der Waals surface area contributed by atoms with E-state index in [0.717, 1.165) is 16.8 Å². The molecule has 1 amide bonds. The molecule has 0 bridgehead atoms. The van der Waals surface area contributed by atoms with Crippen LogP contribution in [-0.2, 0) is 7.05 Å². The van der Waals surface area contributed by atoms with E-state index in [0.29, 0.717) is 41.3 Å². The minimum Gasteiger partial charge on any atom is -0.488 e. The van der Waals surface area contributed by atoms with Gasteiger partial charge in [0, 0.05) is 29.9 Å². The van der Waals surface area contributed by atoms with Crippen molar-refractivity contribution in [2.24, 2.45) is 7.05 Å². The summed E-state index contributed by atoms with van der Waals surface area (Å²) in [6.45, 7) is 2.76. The van der Waals surface area contributed by atoms with Crippen LogP contribution in [-0.4, -0.2) is 38.8 Å². The van der Waals surface area contributed by atoms with Gasteiger partial charge in [0.25, 0.3) is 5.91 Å². The van der Waals surface area contributed by atoms with Gasteiger partial charge >= 0.3 is 0 Å². The van der Waals surface area contributed by atoms with Crippen LogP contribution in [0.25, 0.3) is 22.3 Å². The van der Waals surface area contributed by atoms with E-state index in [1.807, 2.05) is 25.1 Å². The number of carbonyl (C=O) groups is 1. The van der Waals surface area contributed by atoms with Gasteiger partial charge in [-0.05, 0) is 48.9 Å². The van der Waals surface area contributed by atoms with E-state index in [9.17, 15) is 9.18 Å². The first-order valence-electron chi connectivity index (χ1n) is 9.51. The van der Waals surface area contributed by atoms with Crippen molar-refractivity contribution in [3.8, 4) is 17.1 Å². The average Bonchev–Trinajstić information content (AvgIpc) is 3.02. The highest BCUT2D eigenvalue weighted by atomic mass is 19.1. The molecule has 2 aromatic carbocycles. The topological polar surface area (TPSA) is 73.1 Å². The van der Waals surface area contributed by atoms with Crippen LogP contribution in [0.1, 0.15) is 16.1 Å². The molecule has 3 heterocycles. The Morgan fingerprint density at radius 3 is 2.83 bits per heavy atom. The Morgan fingerprint density at radius 1 is 1.13 bits per heavy atom. The second kappa shape index (κ2) is 6.91. The zero-order valence-electron chi connectivity index (χ0n) is 16.5. The second-order valence-corrected chi connectivity index (χ2v) is 7.18. The van der Waals surface area contributed by atoms with Gasteiger partial charge in [-0.2, -0.15) is 5.10 Å². The van der Waals surface area contributed by atoms with Crippen LogP contribution in [0.15, 0.2) is 48.8 Å². The predicted octanol–water partition coefficient (Wildman–Crippen LogP) is 3.52. The van der Waals surface area contributed by atoms with E-state index in [1.165, 1.54) is 16.8 Å². The normalized spacial score (nSPS) is 13.8. The molecule has 7 nitrogen and oxygen atoms in total. The van der Waals surface area contributed by atoms with Crippen molar-refractivity contribution >= 4 is 22.5 Å².